The maximum absolute atomic E-state index is 14.6. The van der Waals surface area contributed by atoms with Crippen LogP contribution in [0.2, 0.25) is 0 Å². The van der Waals surface area contributed by atoms with Gasteiger partial charge in [0.2, 0.25) is 5.88 Å². The summed E-state index contributed by atoms with van der Waals surface area (Å²) in [5.74, 6) is -0.0248. The third-order valence-corrected chi connectivity index (χ3v) is 7.37. The van der Waals surface area contributed by atoms with E-state index in [9.17, 15) is 18.5 Å². The predicted octanol–water partition coefficient (Wildman–Crippen LogP) is 1.69. The molecule has 160 valence electrons. The van der Waals surface area contributed by atoms with E-state index in [1.54, 1.807) is 6.92 Å². The van der Waals surface area contributed by atoms with Crippen molar-refractivity contribution in [3.05, 3.63) is 34.3 Å². The SMILES string of the molecule is C[C@]1(CO)Cn2ncc(S(N)(=O)=NC(=O)Nc3c4c(c(F)c5c3CC5)CCC4)c2O1. The minimum Gasteiger partial charge on any atom is -0.466 e. The number of aliphatic hydroxyl groups is 1. The van der Waals surface area contributed by atoms with E-state index in [0.717, 1.165) is 17.5 Å². The molecule has 2 aromatic rings. The van der Waals surface area contributed by atoms with Crippen molar-refractivity contribution in [2.75, 3.05) is 11.9 Å². The molecule has 30 heavy (non-hydrogen) atoms. The Balaban J connectivity index is 1.47. The molecule has 1 aliphatic heterocycles. The Bertz CT molecular complexity index is 1220. The van der Waals surface area contributed by atoms with Crippen LogP contribution < -0.4 is 15.2 Å². The Morgan fingerprint density at radius 3 is 2.73 bits per heavy atom. The number of halogens is 1. The number of rotatable bonds is 3. The average molecular weight is 435 g/mol. The van der Waals surface area contributed by atoms with Gasteiger partial charge in [-0.1, -0.05) is 0 Å². The van der Waals surface area contributed by atoms with Gasteiger partial charge in [0.05, 0.1) is 19.3 Å². The number of aliphatic hydroxyl groups excluding tert-OH is 1. The summed E-state index contributed by atoms with van der Waals surface area (Å²) in [6.07, 6.45) is 4.73. The number of urea groups is 1. The Hall–Kier alpha value is -2.50. The number of nitrogens with one attached hydrogen (secondary N) is 1. The number of nitrogens with zero attached hydrogens (tertiary/aromatic N) is 3. The molecule has 2 heterocycles. The summed E-state index contributed by atoms with van der Waals surface area (Å²) in [5, 5.41) is 22.2. The highest BCUT2D eigenvalue weighted by atomic mass is 32.2. The van der Waals surface area contributed by atoms with Crippen LogP contribution in [0.25, 0.3) is 0 Å². The zero-order valence-corrected chi connectivity index (χ0v) is 17.2. The summed E-state index contributed by atoms with van der Waals surface area (Å²) in [4.78, 5) is 12.6. The zero-order valence-electron chi connectivity index (χ0n) is 16.4. The minimum atomic E-state index is -3.65. The van der Waals surface area contributed by atoms with Gasteiger partial charge in [0.15, 0.2) is 15.5 Å². The first-order valence-electron chi connectivity index (χ1n) is 9.79. The van der Waals surface area contributed by atoms with E-state index in [0.29, 0.717) is 42.5 Å². The molecule has 1 unspecified atom stereocenters. The van der Waals surface area contributed by atoms with Crippen molar-refractivity contribution in [1.82, 2.24) is 9.78 Å². The molecule has 0 radical (unpaired) electrons. The van der Waals surface area contributed by atoms with E-state index in [2.05, 4.69) is 14.8 Å². The van der Waals surface area contributed by atoms with Crippen molar-refractivity contribution in [1.29, 1.82) is 0 Å². The van der Waals surface area contributed by atoms with Gasteiger partial charge in [-0.2, -0.15) is 5.10 Å². The van der Waals surface area contributed by atoms with E-state index >= 15 is 0 Å². The van der Waals surface area contributed by atoms with Crippen LogP contribution in [0.15, 0.2) is 15.5 Å². The number of benzene rings is 1. The van der Waals surface area contributed by atoms with Crippen LogP contribution in [0, 0.1) is 5.82 Å². The average Bonchev–Trinajstić information content (AvgIpc) is 3.32. The fourth-order valence-corrected chi connectivity index (χ4v) is 5.40. The van der Waals surface area contributed by atoms with Gasteiger partial charge in [-0.05, 0) is 61.3 Å². The number of carbonyl (C=O) groups excluding carboxylic acids is 1. The molecule has 0 spiro atoms. The molecular formula is C19H22FN5O4S. The van der Waals surface area contributed by atoms with Crippen molar-refractivity contribution >= 4 is 21.6 Å². The summed E-state index contributed by atoms with van der Waals surface area (Å²) >= 11 is 0. The molecular weight excluding hydrogens is 413 g/mol. The molecule has 1 aromatic carbocycles. The predicted molar refractivity (Wildman–Crippen MR) is 106 cm³/mol. The van der Waals surface area contributed by atoms with Crippen LogP contribution in [0.1, 0.15) is 35.6 Å². The van der Waals surface area contributed by atoms with Crippen LogP contribution in [0.4, 0.5) is 14.9 Å². The van der Waals surface area contributed by atoms with Crippen molar-refractivity contribution in [2.24, 2.45) is 9.50 Å². The van der Waals surface area contributed by atoms with Gasteiger partial charge >= 0.3 is 6.03 Å². The first-order chi connectivity index (χ1) is 14.2. The lowest BCUT2D eigenvalue weighted by molar-refractivity contribution is 0.0399. The molecule has 2 amide bonds. The highest BCUT2D eigenvalue weighted by molar-refractivity contribution is 7.91. The Morgan fingerprint density at radius 2 is 2.03 bits per heavy atom. The smallest absolute Gasteiger partial charge is 0.354 e. The van der Waals surface area contributed by atoms with Crippen molar-refractivity contribution in [3.63, 3.8) is 0 Å². The minimum absolute atomic E-state index is 0.00725. The molecule has 2 aliphatic carbocycles. The molecule has 9 nitrogen and oxygen atoms in total. The van der Waals surface area contributed by atoms with Crippen LogP contribution in [-0.2, 0) is 42.1 Å². The van der Waals surface area contributed by atoms with Gasteiger partial charge in [-0.3, -0.25) is 0 Å². The molecule has 11 heteroatoms. The van der Waals surface area contributed by atoms with Crippen LogP contribution >= 0.6 is 0 Å². The summed E-state index contributed by atoms with van der Waals surface area (Å²) < 4.78 is 38.4. The quantitative estimate of drug-likeness (QED) is 0.675. The fourth-order valence-electron chi connectivity index (χ4n) is 4.41. The number of fused-ring (bicyclic) bond motifs is 3. The van der Waals surface area contributed by atoms with Crippen LogP contribution in [0.5, 0.6) is 5.88 Å². The molecule has 2 atom stereocenters. The monoisotopic (exact) mass is 435 g/mol. The summed E-state index contributed by atoms with van der Waals surface area (Å²) in [7, 11) is -3.65. The molecule has 0 saturated heterocycles. The Morgan fingerprint density at radius 1 is 1.37 bits per heavy atom. The lowest BCUT2D eigenvalue weighted by Crippen LogP contribution is -2.35. The number of aromatic nitrogens is 2. The molecule has 1 aromatic heterocycles. The topological polar surface area (TPSA) is 132 Å². The van der Waals surface area contributed by atoms with Gasteiger partial charge in [-0.15, -0.1) is 4.36 Å². The molecule has 0 saturated carbocycles. The van der Waals surface area contributed by atoms with E-state index in [1.165, 1.54) is 10.9 Å². The number of carbonyl (C=O) groups is 1. The number of ether oxygens (including phenoxy) is 1. The normalized spacial score (nSPS) is 22.9. The van der Waals surface area contributed by atoms with Gasteiger partial charge in [-0.25, -0.2) is 23.2 Å². The van der Waals surface area contributed by atoms with Crippen molar-refractivity contribution in [2.45, 2.75) is 56.1 Å². The van der Waals surface area contributed by atoms with Crippen LogP contribution in [-0.4, -0.2) is 37.3 Å². The maximum atomic E-state index is 14.6. The molecule has 0 fully saturated rings. The van der Waals surface area contributed by atoms with Crippen LogP contribution in [0.3, 0.4) is 0 Å². The summed E-state index contributed by atoms with van der Waals surface area (Å²) in [6.45, 7) is 1.68. The molecule has 3 aliphatic rings. The highest BCUT2D eigenvalue weighted by Gasteiger charge is 2.39. The number of anilines is 1. The van der Waals surface area contributed by atoms with Gasteiger partial charge in [0.1, 0.15) is 10.7 Å². The molecule has 0 bridgehead atoms. The largest absolute Gasteiger partial charge is 0.466 e. The third kappa shape index (κ3) is 2.83. The number of hydrogen-bond donors (Lipinski definition) is 3. The van der Waals surface area contributed by atoms with Crippen molar-refractivity contribution < 1.29 is 23.2 Å². The first kappa shape index (κ1) is 19.5. The highest BCUT2D eigenvalue weighted by Crippen LogP contribution is 2.42. The van der Waals surface area contributed by atoms with E-state index in [4.69, 9.17) is 9.88 Å². The lowest BCUT2D eigenvalue weighted by atomic mass is 9.83. The second-order valence-corrected chi connectivity index (χ2v) is 9.99. The Kier molecular flexibility index (Phi) is 4.21. The molecule has 4 N–H and O–H groups in total. The zero-order chi connectivity index (χ0) is 21.3. The van der Waals surface area contributed by atoms with Gasteiger partial charge in [0.25, 0.3) is 0 Å². The second kappa shape index (κ2) is 6.50. The molecule has 5 rings (SSSR count). The van der Waals surface area contributed by atoms with Gasteiger partial charge in [0, 0.05) is 5.69 Å². The van der Waals surface area contributed by atoms with E-state index in [1.807, 2.05) is 0 Å². The van der Waals surface area contributed by atoms with Gasteiger partial charge < -0.3 is 15.2 Å². The number of hydrogen-bond acceptors (Lipinski definition) is 5. The summed E-state index contributed by atoms with van der Waals surface area (Å²) in [5.41, 5.74) is 2.56. The fraction of sp³-hybridized carbons (Fsp3) is 0.474. The maximum Gasteiger partial charge on any atom is 0.354 e. The third-order valence-electron chi connectivity index (χ3n) is 6.03. The number of amides is 2. The summed E-state index contributed by atoms with van der Waals surface area (Å²) in [6, 6.07) is -0.861. The standard InChI is InChI=1S/C19H22FN5O4S/c1-19(9-26)8-25-17(29-19)14(7-22-25)30(21,28)24-18(27)23-16-12-4-2-3-10(12)15(20)11-5-6-13(11)16/h7,26H,2-6,8-9H2,1H3,(H3,21,23,24,27,28)/t19-,30?/m1/s1. The second-order valence-electron chi connectivity index (χ2n) is 8.23. The van der Waals surface area contributed by atoms with E-state index < -0.39 is 21.5 Å². The van der Waals surface area contributed by atoms with E-state index in [-0.39, 0.29) is 29.7 Å². The van der Waals surface area contributed by atoms with Crippen molar-refractivity contribution in [3.8, 4) is 5.88 Å². The first-order valence-corrected chi connectivity index (χ1v) is 11.4. The Labute approximate surface area is 172 Å². The number of nitrogens with two attached hydrogens (primary N) is 1. The lowest BCUT2D eigenvalue weighted by Gasteiger charge is -2.26.